The van der Waals surface area contributed by atoms with Crippen LogP contribution >= 0.6 is 23.2 Å². The van der Waals surface area contributed by atoms with Gasteiger partial charge in [0.25, 0.3) is 5.91 Å². The molecule has 2 aromatic rings. The van der Waals surface area contributed by atoms with E-state index in [9.17, 15) is 13.2 Å². The van der Waals surface area contributed by atoms with E-state index in [-0.39, 0.29) is 28.2 Å². The van der Waals surface area contributed by atoms with E-state index in [1.54, 1.807) is 18.2 Å². The lowest BCUT2D eigenvalue weighted by molar-refractivity contribution is -0.118. The van der Waals surface area contributed by atoms with E-state index >= 15 is 0 Å². The highest BCUT2D eigenvalue weighted by Crippen LogP contribution is 2.28. The number of halogens is 2. The number of amides is 1. The number of carbonyl (C=O) groups excluding carboxylic acids is 1. The van der Waals surface area contributed by atoms with E-state index in [2.05, 4.69) is 5.32 Å². The second-order valence-electron chi connectivity index (χ2n) is 5.68. The molecule has 0 bridgehead atoms. The first-order valence-electron chi connectivity index (χ1n) is 7.52. The molecule has 2 aromatic carbocycles. The molecule has 6 nitrogen and oxygen atoms in total. The number of hydrogen-bond donors (Lipinski definition) is 1. The Morgan fingerprint density at radius 1 is 1.15 bits per heavy atom. The molecule has 0 saturated heterocycles. The zero-order chi connectivity index (χ0) is 19.5. The van der Waals surface area contributed by atoms with Crippen molar-refractivity contribution in [2.45, 2.75) is 11.8 Å². The summed E-state index contributed by atoms with van der Waals surface area (Å²) in [7, 11) is -0.739. The van der Waals surface area contributed by atoms with Crippen molar-refractivity contribution >= 4 is 44.8 Å². The Balaban J connectivity index is 2.04. The normalized spacial score (nSPS) is 11.5. The molecule has 0 aromatic heterocycles. The molecule has 0 aliphatic rings. The predicted octanol–water partition coefficient (Wildman–Crippen LogP) is 3.57. The van der Waals surface area contributed by atoms with Crippen molar-refractivity contribution in [1.29, 1.82) is 0 Å². The smallest absolute Gasteiger partial charge is 0.262 e. The molecule has 0 atom stereocenters. The molecule has 1 amide bonds. The molecule has 0 fully saturated rings. The molecule has 0 radical (unpaired) electrons. The Bertz CT molecular complexity index is 930. The molecule has 1 N–H and O–H groups in total. The quantitative estimate of drug-likeness (QED) is 0.780. The molecule has 0 aliphatic carbocycles. The maximum absolute atomic E-state index is 12.1. The van der Waals surface area contributed by atoms with Gasteiger partial charge in [0.05, 0.1) is 9.92 Å². The first-order chi connectivity index (χ1) is 12.1. The van der Waals surface area contributed by atoms with Crippen molar-refractivity contribution in [1.82, 2.24) is 4.31 Å². The van der Waals surface area contributed by atoms with E-state index in [4.69, 9.17) is 27.9 Å². The molecular weight excluding hydrogens is 399 g/mol. The average molecular weight is 417 g/mol. The van der Waals surface area contributed by atoms with Crippen LogP contribution in [-0.4, -0.2) is 39.3 Å². The van der Waals surface area contributed by atoms with Crippen LogP contribution in [0.2, 0.25) is 10.0 Å². The van der Waals surface area contributed by atoms with Gasteiger partial charge in [-0.3, -0.25) is 4.79 Å². The molecule has 0 saturated carbocycles. The number of hydrogen-bond acceptors (Lipinski definition) is 4. The Kier molecular flexibility index (Phi) is 6.52. The highest BCUT2D eigenvalue weighted by atomic mass is 35.5. The molecule has 26 heavy (non-hydrogen) atoms. The first-order valence-corrected chi connectivity index (χ1v) is 9.71. The van der Waals surface area contributed by atoms with Gasteiger partial charge in [-0.2, -0.15) is 0 Å². The molecule has 9 heteroatoms. The van der Waals surface area contributed by atoms with Gasteiger partial charge in [0, 0.05) is 24.8 Å². The molecule has 0 heterocycles. The summed E-state index contributed by atoms with van der Waals surface area (Å²) in [4.78, 5) is 12.1. The lowest BCUT2D eigenvalue weighted by Crippen LogP contribution is -2.22. The van der Waals surface area contributed by atoms with Gasteiger partial charge in [0.15, 0.2) is 6.61 Å². The fraction of sp³-hybridized carbons (Fsp3) is 0.235. The van der Waals surface area contributed by atoms with Gasteiger partial charge < -0.3 is 10.1 Å². The summed E-state index contributed by atoms with van der Waals surface area (Å²) >= 11 is 12.0. The number of ether oxygens (including phenoxy) is 1. The summed E-state index contributed by atoms with van der Waals surface area (Å²) in [6, 6.07) is 9.18. The van der Waals surface area contributed by atoms with Crippen molar-refractivity contribution in [3.8, 4) is 5.75 Å². The topological polar surface area (TPSA) is 75.7 Å². The number of rotatable bonds is 6. The second-order valence-corrected chi connectivity index (χ2v) is 8.67. The Hall–Kier alpha value is -1.80. The monoisotopic (exact) mass is 416 g/mol. The number of aryl methyl sites for hydroxylation is 1. The van der Waals surface area contributed by atoms with Crippen LogP contribution in [0.25, 0.3) is 0 Å². The predicted molar refractivity (Wildman–Crippen MR) is 103 cm³/mol. The van der Waals surface area contributed by atoms with Gasteiger partial charge in [-0.15, -0.1) is 0 Å². The van der Waals surface area contributed by atoms with Crippen LogP contribution in [0.3, 0.4) is 0 Å². The summed E-state index contributed by atoms with van der Waals surface area (Å²) in [6.45, 7) is 1.55. The van der Waals surface area contributed by atoms with Gasteiger partial charge >= 0.3 is 0 Å². The minimum Gasteiger partial charge on any atom is -0.482 e. The van der Waals surface area contributed by atoms with E-state index in [0.717, 1.165) is 9.87 Å². The van der Waals surface area contributed by atoms with Crippen molar-refractivity contribution in [2.75, 3.05) is 26.0 Å². The molecule has 2 rings (SSSR count). The minimum atomic E-state index is -3.59. The number of sulfonamides is 1. The Labute approximate surface area is 162 Å². The second kappa shape index (κ2) is 8.26. The summed E-state index contributed by atoms with van der Waals surface area (Å²) in [5, 5.41) is 3.39. The lowest BCUT2D eigenvalue weighted by atomic mass is 10.2. The van der Waals surface area contributed by atoms with Crippen LogP contribution in [0, 0.1) is 6.92 Å². The third kappa shape index (κ3) is 4.88. The summed E-state index contributed by atoms with van der Waals surface area (Å²) in [6.07, 6.45) is 0. The minimum absolute atomic E-state index is 0.0427. The van der Waals surface area contributed by atoms with Gasteiger partial charge in [-0.1, -0.05) is 23.2 Å². The zero-order valence-corrected chi connectivity index (χ0v) is 16.7. The highest BCUT2D eigenvalue weighted by Gasteiger charge is 2.19. The standard InChI is InChI=1S/C17H18Cl2N2O4S/c1-11-8-12(18)4-6-15(11)20-17(22)10-25-16-7-5-13(9-14(16)19)26(23,24)21(2)3/h4-9H,10H2,1-3H3,(H,20,22). The fourth-order valence-electron chi connectivity index (χ4n) is 2.07. The van der Waals surface area contributed by atoms with Gasteiger partial charge in [-0.25, -0.2) is 12.7 Å². The van der Waals surface area contributed by atoms with Crippen molar-refractivity contribution in [3.05, 3.63) is 52.0 Å². The van der Waals surface area contributed by atoms with Crippen LogP contribution in [0.15, 0.2) is 41.3 Å². The van der Waals surface area contributed by atoms with E-state index in [1.807, 2.05) is 6.92 Å². The number of nitrogens with zero attached hydrogens (tertiary/aromatic N) is 1. The molecule has 140 valence electrons. The zero-order valence-electron chi connectivity index (χ0n) is 14.4. The maximum Gasteiger partial charge on any atom is 0.262 e. The van der Waals surface area contributed by atoms with E-state index < -0.39 is 10.0 Å². The SMILES string of the molecule is Cc1cc(Cl)ccc1NC(=O)COc1ccc(S(=O)(=O)N(C)C)cc1Cl. The molecular formula is C17H18Cl2N2O4S. The number of anilines is 1. The summed E-state index contributed by atoms with van der Waals surface area (Å²) < 4.78 is 30.6. The van der Waals surface area contributed by atoms with Crippen LogP contribution in [0.1, 0.15) is 5.56 Å². The molecule has 0 spiro atoms. The summed E-state index contributed by atoms with van der Waals surface area (Å²) in [5.74, 6) is -0.163. The van der Waals surface area contributed by atoms with E-state index in [1.165, 1.54) is 32.3 Å². The van der Waals surface area contributed by atoms with E-state index in [0.29, 0.717) is 10.7 Å². The number of carbonyl (C=O) groups is 1. The Morgan fingerprint density at radius 3 is 2.42 bits per heavy atom. The maximum atomic E-state index is 12.1. The first kappa shape index (κ1) is 20.5. The van der Waals surface area contributed by atoms with Gasteiger partial charge in [-0.05, 0) is 48.9 Å². The van der Waals surface area contributed by atoms with Gasteiger partial charge in [0.1, 0.15) is 5.75 Å². The molecule has 0 aliphatic heterocycles. The van der Waals surface area contributed by atoms with Crippen LogP contribution in [0.5, 0.6) is 5.75 Å². The van der Waals surface area contributed by atoms with Gasteiger partial charge in [0.2, 0.25) is 10.0 Å². The third-order valence-electron chi connectivity index (χ3n) is 3.50. The number of nitrogens with one attached hydrogen (secondary N) is 1. The Morgan fingerprint density at radius 2 is 1.85 bits per heavy atom. The number of benzene rings is 2. The van der Waals surface area contributed by atoms with Crippen LogP contribution in [0.4, 0.5) is 5.69 Å². The average Bonchev–Trinajstić information content (AvgIpc) is 2.56. The van der Waals surface area contributed by atoms with Crippen molar-refractivity contribution in [3.63, 3.8) is 0 Å². The molecule has 0 unspecified atom stereocenters. The van der Waals surface area contributed by atoms with Crippen LogP contribution in [-0.2, 0) is 14.8 Å². The van der Waals surface area contributed by atoms with Crippen molar-refractivity contribution < 1.29 is 17.9 Å². The third-order valence-corrected chi connectivity index (χ3v) is 5.84. The summed E-state index contributed by atoms with van der Waals surface area (Å²) in [5.41, 5.74) is 1.45. The van der Waals surface area contributed by atoms with Crippen LogP contribution < -0.4 is 10.1 Å². The highest BCUT2D eigenvalue weighted by molar-refractivity contribution is 7.89. The largest absolute Gasteiger partial charge is 0.482 e. The fourth-order valence-corrected chi connectivity index (χ4v) is 3.52. The lowest BCUT2D eigenvalue weighted by Gasteiger charge is -2.13. The van der Waals surface area contributed by atoms with Crippen molar-refractivity contribution in [2.24, 2.45) is 0 Å².